The standard InChI is InChI=1S/C20H22N2S.BrH/c1-3-7-19-17(5-1)22(18-6-2-4-8-20(18)23-19)14-16-13-21-11-9-15(16)10-12-21;/h1-8,15-16H,9-14H2;1H/i1D,2D,3D,4D,5D,6D,7D,8D;. The lowest BCUT2D eigenvalue weighted by Gasteiger charge is -2.47. The average molecular weight is 411 g/mol. The van der Waals surface area contributed by atoms with Crippen LogP contribution >= 0.6 is 28.7 Å². The van der Waals surface area contributed by atoms with Crippen LogP contribution in [-0.2, 0) is 0 Å². The van der Waals surface area contributed by atoms with Crippen LogP contribution in [0, 0.1) is 11.8 Å². The minimum absolute atomic E-state index is 0. The van der Waals surface area contributed by atoms with Gasteiger partial charge in [-0.2, -0.15) is 0 Å². The van der Waals surface area contributed by atoms with E-state index in [-0.39, 0.29) is 71.2 Å². The third-order valence-electron chi connectivity index (χ3n) is 5.22. The van der Waals surface area contributed by atoms with Gasteiger partial charge < -0.3 is 9.80 Å². The molecule has 4 heteroatoms. The van der Waals surface area contributed by atoms with Crippen LogP contribution in [0.4, 0.5) is 11.4 Å². The Kier molecular flexibility index (Phi) is 2.71. The van der Waals surface area contributed by atoms with Crippen LogP contribution in [-0.4, -0.2) is 31.1 Å². The highest BCUT2D eigenvalue weighted by Crippen LogP contribution is 2.48. The van der Waals surface area contributed by atoms with E-state index in [0.29, 0.717) is 33.6 Å². The third-order valence-corrected chi connectivity index (χ3v) is 6.22. The van der Waals surface area contributed by atoms with Gasteiger partial charge in [0.25, 0.3) is 0 Å². The van der Waals surface area contributed by atoms with E-state index < -0.39 is 0 Å². The van der Waals surface area contributed by atoms with Gasteiger partial charge in [0.05, 0.1) is 22.3 Å². The zero-order valence-corrected chi connectivity index (χ0v) is 15.6. The van der Waals surface area contributed by atoms with Gasteiger partial charge in [0.15, 0.2) is 0 Å². The molecule has 0 spiro atoms. The molecular weight excluding hydrogens is 380 g/mol. The number of fused-ring (bicyclic) bond motifs is 5. The fourth-order valence-corrected chi connectivity index (χ4v) is 4.97. The Hall–Kier alpha value is -0.970. The molecule has 6 rings (SSSR count). The highest BCUT2D eigenvalue weighted by Gasteiger charge is 2.36. The predicted octanol–water partition coefficient (Wildman–Crippen LogP) is 5.21. The number of nitrogens with zero attached hydrogens (tertiary/aromatic N) is 2. The number of halogens is 1. The van der Waals surface area contributed by atoms with Crippen LogP contribution in [0.1, 0.15) is 23.8 Å². The van der Waals surface area contributed by atoms with Gasteiger partial charge in [-0.3, -0.25) is 0 Å². The molecular formula is C20H23BrN2S. The van der Waals surface area contributed by atoms with Gasteiger partial charge in [-0.15, -0.1) is 17.0 Å². The van der Waals surface area contributed by atoms with Crippen molar-refractivity contribution in [1.29, 1.82) is 0 Å². The Labute approximate surface area is 170 Å². The number of hydrogen-bond acceptors (Lipinski definition) is 3. The van der Waals surface area contributed by atoms with Crippen LogP contribution in [0.15, 0.2) is 58.1 Å². The number of benzene rings is 2. The fourth-order valence-electron chi connectivity index (χ4n) is 4.04. The second-order valence-corrected chi connectivity index (χ2v) is 7.49. The lowest BCUT2D eigenvalue weighted by Crippen LogP contribution is -2.50. The molecule has 0 aliphatic carbocycles. The molecule has 0 saturated carbocycles. The summed E-state index contributed by atoms with van der Waals surface area (Å²) in [6.07, 6.45) is 2.18. The fraction of sp³-hybridized carbons (Fsp3) is 0.400. The van der Waals surface area contributed by atoms with Crippen LogP contribution in [0.2, 0.25) is 0 Å². The van der Waals surface area contributed by atoms with Crippen molar-refractivity contribution in [3.05, 3.63) is 48.3 Å². The maximum absolute atomic E-state index is 8.58. The Morgan fingerprint density at radius 3 is 2.08 bits per heavy atom. The molecule has 3 saturated heterocycles. The minimum Gasteiger partial charge on any atom is -0.339 e. The van der Waals surface area contributed by atoms with Gasteiger partial charge in [0.1, 0.15) is 0 Å². The summed E-state index contributed by atoms with van der Waals surface area (Å²) < 4.78 is 66.5. The molecule has 0 N–H and O–H groups in total. The highest BCUT2D eigenvalue weighted by molar-refractivity contribution is 8.93. The van der Waals surface area contributed by atoms with Crippen molar-refractivity contribution in [3.63, 3.8) is 0 Å². The summed E-state index contributed by atoms with van der Waals surface area (Å²) in [6.45, 7) is 3.51. The zero-order chi connectivity index (χ0) is 22.2. The Morgan fingerprint density at radius 1 is 0.958 bits per heavy atom. The summed E-state index contributed by atoms with van der Waals surface area (Å²) >= 11 is 1.02. The molecule has 126 valence electrons. The van der Waals surface area contributed by atoms with Crippen molar-refractivity contribution >= 4 is 40.1 Å². The van der Waals surface area contributed by atoms with Crippen molar-refractivity contribution in [2.45, 2.75) is 22.6 Å². The largest absolute Gasteiger partial charge is 0.339 e. The second kappa shape index (κ2) is 6.74. The van der Waals surface area contributed by atoms with Gasteiger partial charge in [0.2, 0.25) is 0 Å². The molecule has 4 aliphatic heterocycles. The molecule has 2 nitrogen and oxygen atoms in total. The van der Waals surface area contributed by atoms with Crippen LogP contribution < -0.4 is 4.90 Å². The van der Waals surface area contributed by atoms with E-state index in [1.165, 1.54) is 0 Å². The maximum atomic E-state index is 8.58. The molecule has 4 heterocycles. The second-order valence-electron chi connectivity index (χ2n) is 6.47. The molecule has 0 radical (unpaired) electrons. The topological polar surface area (TPSA) is 6.48 Å². The van der Waals surface area contributed by atoms with Crippen molar-refractivity contribution in [2.24, 2.45) is 11.8 Å². The molecule has 0 aromatic heterocycles. The minimum atomic E-state index is -0.330. The molecule has 1 unspecified atom stereocenters. The summed E-state index contributed by atoms with van der Waals surface area (Å²) in [5.41, 5.74) is 0.648. The summed E-state index contributed by atoms with van der Waals surface area (Å²) in [5, 5.41) is 0. The van der Waals surface area contributed by atoms with Crippen molar-refractivity contribution in [2.75, 3.05) is 31.1 Å². The Balaban J connectivity index is 0.00000245. The first-order valence-electron chi connectivity index (χ1n) is 12.1. The smallest absolute Gasteiger partial charge is 0.0645 e. The lowest BCUT2D eigenvalue weighted by atomic mass is 9.78. The summed E-state index contributed by atoms with van der Waals surface area (Å²) in [7, 11) is 0. The Bertz CT molecular complexity index is 1040. The average Bonchev–Trinajstić information content (AvgIpc) is 2.78. The quantitative estimate of drug-likeness (QED) is 0.670. The van der Waals surface area contributed by atoms with Crippen molar-refractivity contribution in [1.82, 2.24) is 4.90 Å². The van der Waals surface area contributed by atoms with Gasteiger partial charge in [-0.25, -0.2) is 0 Å². The van der Waals surface area contributed by atoms with E-state index >= 15 is 0 Å². The molecule has 0 amide bonds. The molecule has 4 aliphatic rings. The molecule has 3 fully saturated rings. The first-order chi connectivity index (χ1) is 14.7. The van der Waals surface area contributed by atoms with Gasteiger partial charge in [-0.05, 0) is 61.9 Å². The van der Waals surface area contributed by atoms with E-state index in [2.05, 4.69) is 4.90 Å². The molecule has 2 aromatic carbocycles. The van der Waals surface area contributed by atoms with E-state index in [0.717, 1.165) is 44.2 Å². The maximum Gasteiger partial charge on any atom is 0.0645 e. The Morgan fingerprint density at radius 2 is 1.54 bits per heavy atom. The van der Waals surface area contributed by atoms with Gasteiger partial charge >= 0.3 is 0 Å². The van der Waals surface area contributed by atoms with Crippen molar-refractivity contribution in [3.8, 4) is 0 Å². The third kappa shape index (κ3) is 2.79. The lowest BCUT2D eigenvalue weighted by molar-refractivity contribution is 0.0553. The van der Waals surface area contributed by atoms with Crippen LogP contribution in [0.5, 0.6) is 0 Å². The summed E-state index contributed by atoms with van der Waals surface area (Å²) in [6, 6.07) is -1.98. The van der Waals surface area contributed by atoms with E-state index in [9.17, 15) is 0 Å². The van der Waals surface area contributed by atoms with Crippen LogP contribution in [0.3, 0.4) is 0 Å². The number of piperidine rings is 3. The molecule has 24 heavy (non-hydrogen) atoms. The summed E-state index contributed by atoms with van der Waals surface area (Å²) in [4.78, 5) is 4.81. The number of hydrogen-bond donors (Lipinski definition) is 0. The molecule has 2 aromatic rings. The van der Waals surface area contributed by atoms with Gasteiger partial charge in [0, 0.05) is 22.9 Å². The number of anilines is 2. The van der Waals surface area contributed by atoms with E-state index in [1.807, 2.05) is 0 Å². The monoisotopic (exact) mass is 410 g/mol. The van der Waals surface area contributed by atoms with E-state index in [1.54, 1.807) is 4.90 Å². The number of rotatable bonds is 2. The summed E-state index contributed by atoms with van der Waals surface area (Å²) in [5.74, 6) is 0.779. The SMILES string of the molecule is Br.[2H]c1c([2H])c([2H])c2c(c1[2H])Sc1c([2H])c([2H])c([2H])c([2H])c1N2CC1CN2CCC1CC2. The number of para-hydroxylation sites is 2. The molecule has 2 bridgehead atoms. The van der Waals surface area contributed by atoms with Crippen molar-refractivity contribution < 1.29 is 11.0 Å². The van der Waals surface area contributed by atoms with Crippen LogP contribution in [0.25, 0.3) is 0 Å². The van der Waals surface area contributed by atoms with E-state index in [4.69, 9.17) is 11.0 Å². The first-order valence-corrected chi connectivity index (χ1v) is 8.90. The van der Waals surface area contributed by atoms with Gasteiger partial charge in [-0.1, -0.05) is 35.9 Å². The zero-order valence-electron chi connectivity index (χ0n) is 21.1. The molecule has 1 atom stereocenters. The normalized spacial score (nSPS) is 31.8. The first kappa shape index (κ1) is 9.65. The highest BCUT2D eigenvalue weighted by atomic mass is 79.9. The predicted molar refractivity (Wildman–Crippen MR) is 107 cm³/mol.